The first-order valence-electron chi connectivity index (χ1n) is 10.3. The number of carbonyl (C=O) groups excluding carboxylic acids is 1. The van der Waals surface area contributed by atoms with Crippen LogP contribution in [0, 0.1) is 20.2 Å². The van der Waals surface area contributed by atoms with Gasteiger partial charge in [0.1, 0.15) is 11.3 Å². The molecule has 0 aliphatic rings. The summed E-state index contributed by atoms with van der Waals surface area (Å²) in [5, 5.41) is 40.6. The van der Waals surface area contributed by atoms with Gasteiger partial charge in [0.2, 0.25) is 0 Å². The van der Waals surface area contributed by atoms with Crippen LogP contribution in [0.3, 0.4) is 0 Å². The number of sulfonamides is 1. The van der Waals surface area contributed by atoms with Gasteiger partial charge in [0, 0.05) is 16.8 Å². The molecule has 4 aromatic rings. The van der Waals surface area contributed by atoms with E-state index in [1.807, 2.05) is 0 Å². The molecule has 1 amide bonds. The summed E-state index contributed by atoms with van der Waals surface area (Å²) in [5.74, 6) is -1.63. The van der Waals surface area contributed by atoms with Crippen molar-refractivity contribution in [3.8, 4) is 5.75 Å². The number of hydrogen-bond acceptors (Lipinski definition) is 9. The third-order valence-electron chi connectivity index (χ3n) is 5.16. The Morgan fingerprint density at radius 1 is 0.865 bits per heavy atom. The van der Waals surface area contributed by atoms with E-state index in [1.165, 1.54) is 18.2 Å². The van der Waals surface area contributed by atoms with E-state index in [9.17, 15) is 38.5 Å². The largest absolute Gasteiger partial charge is 0.505 e. The molecule has 0 radical (unpaired) electrons. The highest BCUT2D eigenvalue weighted by Crippen LogP contribution is 2.40. The molecule has 0 aliphatic heterocycles. The number of carbonyl (C=O) groups is 1. The molecule has 0 saturated heterocycles. The summed E-state index contributed by atoms with van der Waals surface area (Å²) in [4.78, 5) is 33.0. The van der Waals surface area contributed by atoms with Crippen molar-refractivity contribution in [1.82, 2.24) is 0 Å². The van der Waals surface area contributed by atoms with E-state index < -0.39 is 48.5 Å². The number of nitrogens with zero attached hydrogens (tertiary/aromatic N) is 4. The highest BCUT2D eigenvalue weighted by atomic mass is 32.2. The lowest BCUT2D eigenvalue weighted by molar-refractivity contribution is -0.394. The number of phenolic OH excluding ortho intramolecular Hbond substituents is 1. The highest BCUT2D eigenvalue weighted by Gasteiger charge is 2.24. The fourth-order valence-electron chi connectivity index (χ4n) is 3.43. The Balaban J connectivity index is 1.76. The number of hydrogen-bond donors (Lipinski definition) is 2. The maximum atomic E-state index is 12.9. The minimum absolute atomic E-state index is 0.0176. The summed E-state index contributed by atoms with van der Waals surface area (Å²) in [6.07, 6.45) is 0. The number of non-ortho nitro benzene ring substituents is 1. The Bertz CT molecular complexity index is 1710. The van der Waals surface area contributed by atoms with Crippen LogP contribution in [-0.4, -0.2) is 29.3 Å². The van der Waals surface area contributed by atoms with Crippen molar-refractivity contribution in [2.24, 2.45) is 10.2 Å². The van der Waals surface area contributed by atoms with Gasteiger partial charge in [-0.25, -0.2) is 8.42 Å². The van der Waals surface area contributed by atoms with Gasteiger partial charge in [0.15, 0.2) is 5.75 Å². The lowest BCUT2D eigenvalue weighted by Crippen LogP contribution is -2.13. The van der Waals surface area contributed by atoms with E-state index in [2.05, 4.69) is 15.0 Å². The molecule has 13 nitrogen and oxygen atoms in total. The van der Waals surface area contributed by atoms with Gasteiger partial charge in [-0.1, -0.05) is 42.5 Å². The lowest BCUT2D eigenvalue weighted by atomic mass is 10.1. The molecule has 0 saturated carbocycles. The van der Waals surface area contributed by atoms with Gasteiger partial charge < -0.3 is 5.11 Å². The van der Waals surface area contributed by atoms with E-state index >= 15 is 0 Å². The first-order chi connectivity index (χ1) is 17.6. The molecule has 0 aliphatic carbocycles. The second-order valence-corrected chi connectivity index (χ2v) is 9.16. The second-order valence-electron chi connectivity index (χ2n) is 7.48. The number of benzene rings is 4. The topological polar surface area (TPSA) is 194 Å². The molecule has 0 bridgehead atoms. The molecular weight excluding hydrogens is 506 g/mol. The Hall–Kier alpha value is -5.24. The van der Waals surface area contributed by atoms with Crippen molar-refractivity contribution < 1.29 is 28.2 Å². The molecule has 4 aromatic carbocycles. The molecule has 0 fully saturated rings. The number of nitro groups is 2. The van der Waals surface area contributed by atoms with Crippen molar-refractivity contribution in [2.75, 3.05) is 4.72 Å². The van der Waals surface area contributed by atoms with Gasteiger partial charge in [-0.05, 0) is 24.3 Å². The van der Waals surface area contributed by atoms with Crippen molar-refractivity contribution in [3.63, 3.8) is 0 Å². The van der Waals surface area contributed by atoms with E-state index in [1.54, 1.807) is 36.4 Å². The van der Waals surface area contributed by atoms with Crippen LogP contribution in [0.25, 0.3) is 10.8 Å². The SMILES string of the molecule is O=C(N=Nc1cc(NS(=O)(=O)c2ccccc2)c2ccccc2c1O)c1ccc([N+](=O)[O-])cc1[N+](=O)[O-]. The number of anilines is 1. The zero-order chi connectivity index (χ0) is 26.7. The van der Waals surface area contributed by atoms with Gasteiger partial charge >= 0.3 is 5.91 Å². The van der Waals surface area contributed by atoms with E-state index in [4.69, 9.17) is 0 Å². The standard InChI is InChI=1S/C23H15N5O8S/c29-22-17-9-5-4-8-16(17)19(26-37(35,36)15-6-2-1-3-7-15)13-20(22)24-25-23(30)18-11-10-14(27(31)32)12-21(18)28(33)34/h1-13,26,29H. The maximum Gasteiger partial charge on any atom is 0.302 e. The van der Waals surface area contributed by atoms with Crippen molar-refractivity contribution >= 4 is 49.5 Å². The van der Waals surface area contributed by atoms with Gasteiger partial charge in [0.05, 0.1) is 26.5 Å². The summed E-state index contributed by atoms with van der Waals surface area (Å²) < 4.78 is 28.2. The van der Waals surface area contributed by atoms with Crippen LogP contribution in [0.4, 0.5) is 22.7 Å². The van der Waals surface area contributed by atoms with E-state index in [0.717, 1.165) is 18.2 Å². The molecule has 0 aromatic heterocycles. The maximum absolute atomic E-state index is 12.9. The Labute approximate surface area is 208 Å². The molecule has 14 heteroatoms. The number of amides is 1. The summed E-state index contributed by atoms with van der Waals surface area (Å²) in [5.41, 5.74) is -2.29. The van der Waals surface area contributed by atoms with Crippen LogP contribution in [0.5, 0.6) is 5.75 Å². The molecule has 4 rings (SSSR count). The van der Waals surface area contributed by atoms with Gasteiger partial charge in [-0.3, -0.25) is 29.7 Å². The summed E-state index contributed by atoms with van der Waals surface area (Å²) in [6.45, 7) is 0. The zero-order valence-electron chi connectivity index (χ0n) is 18.5. The molecule has 0 spiro atoms. The molecule has 37 heavy (non-hydrogen) atoms. The monoisotopic (exact) mass is 521 g/mol. The Morgan fingerprint density at radius 2 is 1.51 bits per heavy atom. The van der Waals surface area contributed by atoms with Crippen molar-refractivity contribution in [3.05, 3.63) is 105 Å². The normalized spacial score (nSPS) is 11.5. The van der Waals surface area contributed by atoms with Crippen molar-refractivity contribution in [1.29, 1.82) is 0 Å². The van der Waals surface area contributed by atoms with E-state index in [0.29, 0.717) is 11.5 Å². The van der Waals surface area contributed by atoms with Crippen LogP contribution in [0.15, 0.2) is 94.0 Å². The van der Waals surface area contributed by atoms with Gasteiger partial charge in [-0.2, -0.15) is 0 Å². The minimum Gasteiger partial charge on any atom is -0.505 e. The first-order valence-corrected chi connectivity index (χ1v) is 11.8. The Kier molecular flexibility index (Phi) is 6.58. The predicted molar refractivity (Wildman–Crippen MR) is 131 cm³/mol. The molecule has 0 atom stereocenters. The minimum atomic E-state index is -4.04. The van der Waals surface area contributed by atoms with E-state index in [-0.39, 0.29) is 21.7 Å². The highest BCUT2D eigenvalue weighted by molar-refractivity contribution is 7.92. The Morgan fingerprint density at radius 3 is 2.16 bits per heavy atom. The number of fused-ring (bicyclic) bond motifs is 1. The predicted octanol–water partition coefficient (Wildman–Crippen LogP) is 5.09. The van der Waals surface area contributed by atoms with Crippen molar-refractivity contribution in [2.45, 2.75) is 4.90 Å². The summed E-state index contributed by atoms with van der Waals surface area (Å²) in [6, 6.07) is 17.3. The summed E-state index contributed by atoms with van der Waals surface area (Å²) in [7, 11) is -4.04. The molecule has 0 heterocycles. The van der Waals surface area contributed by atoms with Gasteiger partial charge in [-0.15, -0.1) is 10.2 Å². The third kappa shape index (κ3) is 5.08. The number of phenols is 1. The van der Waals surface area contributed by atoms with Gasteiger partial charge in [0.25, 0.3) is 21.4 Å². The quantitative estimate of drug-likeness (QED) is 0.145. The first kappa shape index (κ1) is 24.9. The van der Waals surface area contributed by atoms with Crippen LogP contribution in [0.1, 0.15) is 10.4 Å². The van der Waals surface area contributed by atoms with Crippen LogP contribution in [-0.2, 0) is 10.0 Å². The van der Waals surface area contributed by atoms with Crippen LogP contribution < -0.4 is 4.72 Å². The smallest absolute Gasteiger partial charge is 0.302 e. The second kappa shape index (κ2) is 9.79. The lowest BCUT2D eigenvalue weighted by Gasteiger charge is -2.13. The average molecular weight is 521 g/mol. The zero-order valence-corrected chi connectivity index (χ0v) is 19.3. The molecular formula is C23H15N5O8S. The number of rotatable bonds is 7. The number of azo groups is 1. The van der Waals surface area contributed by atoms with Crippen LogP contribution in [0.2, 0.25) is 0 Å². The number of nitro benzene ring substituents is 2. The fourth-order valence-corrected chi connectivity index (χ4v) is 4.52. The number of aromatic hydroxyl groups is 1. The molecule has 0 unspecified atom stereocenters. The summed E-state index contributed by atoms with van der Waals surface area (Å²) >= 11 is 0. The molecule has 2 N–H and O–H groups in total. The fraction of sp³-hybridized carbons (Fsp3) is 0. The van der Waals surface area contributed by atoms with Crippen LogP contribution >= 0.6 is 0 Å². The molecule has 186 valence electrons. The number of nitrogens with one attached hydrogen (secondary N) is 1. The average Bonchev–Trinajstić information content (AvgIpc) is 2.89. The third-order valence-corrected chi connectivity index (χ3v) is 6.54.